The molecule has 4 N–H and O–H groups in total. The SMILES string of the molecule is CCCCc1nc(Cl)c(CNC(=O)CC[C@H](NC(C)=O)C(=O)O)n1Cc1ccc(-c2ccccc2-c2nn[nH]n2)cc1. The third kappa shape index (κ3) is 7.78. The van der Waals surface area contributed by atoms with Crippen molar-refractivity contribution in [3.8, 4) is 22.5 Å². The van der Waals surface area contributed by atoms with Crippen LogP contribution < -0.4 is 10.6 Å². The summed E-state index contributed by atoms with van der Waals surface area (Å²) in [5.41, 5.74) is 4.54. The van der Waals surface area contributed by atoms with Crippen LogP contribution in [0.15, 0.2) is 48.5 Å². The Labute approximate surface area is 247 Å². The van der Waals surface area contributed by atoms with Gasteiger partial charge in [-0.1, -0.05) is 73.5 Å². The van der Waals surface area contributed by atoms with Crippen LogP contribution in [0.4, 0.5) is 0 Å². The molecule has 0 saturated carbocycles. The van der Waals surface area contributed by atoms with Gasteiger partial charge in [0.1, 0.15) is 11.9 Å². The maximum atomic E-state index is 12.6. The van der Waals surface area contributed by atoms with Gasteiger partial charge in [-0.05, 0) is 34.7 Å². The van der Waals surface area contributed by atoms with E-state index in [4.69, 9.17) is 11.6 Å². The number of nitrogens with zero attached hydrogens (tertiary/aromatic N) is 5. The Morgan fingerprint density at radius 3 is 2.48 bits per heavy atom. The zero-order valence-corrected chi connectivity index (χ0v) is 24.2. The highest BCUT2D eigenvalue weighted by Gasteiger charge is 2.21. The summed E-state index contributed by atoms with van der Waals surface area (Å²) in [5, 5.41) is 29.2. The summed E-state index contributed by atoms with van der Waals surface area (Å²) in [4.78, 5) is 39.8. The van der Waals surface area contributed by atoms with Gasteiger partial charge in [-0.25, -0.2) is 9.78 Å². The van der Waals surface area contributed by atoms with Crippen LogP contribution in [0.25, 0.3) is 22.5 Å². The second-order valence-corrected chi connectivity index (χ2v) is 10.2. The van der Waals surface area contributed by atoms with Gasteiger partial charge in [0.15, 0.2) is 5.15 Å². The van der Waals surface area contributed by atoms with Crippen LogP contribution >= 0.6 is 11.6 Å². The average Bonchev–Trinajstić information content (AvgIpc) is 3.61. The maximum Gasteiger partial charge on any atom is 0.326 e. The van der Waals surface area contributed by atoms with Crippen LogP contribution in [-0.2, 0) is 33.9 Å². The number of carbonyl (C=O) groups excluding carboxylic acids is 2. The van der Waals surface area contributed by atoms with Crippen LogP contribution in [0, 0.1) is 0 Å². The summed E-state index contributed by atoms with van der Waals surface area (Å²) in [6.07, 6.45) is 2.56. The molecule has 2 heterocycles. The van der Waals surface area contributed by atoms with Crippen molar-refractivity contribution in [3.63, 3.8) is 0 Å². The van der Waals surface area contributed by atoms with E-state index in [2.05, 4.69) is 43.2 Å². The van der Waals surface area contributed by atoms with Crippen molar-refractivity contribution < 1.29 is 19.5 Å². The van der Waals surface area contributed by atoms with Gasteiger partial charge < -0.3 is 20.3 Å². The molecular weight excluding hydrogens is 560 g/mol. The molecule has 0 spiro atoms. The first-order chi connectivity index (χ1) is 20.3. The van der Waals surface area contributed by atoms with Gasteiger partial charge in [0.2, 0.25) is 17.6 Å². The number of amides is 2. The number of carboxylic acid groups (broad SMARTS) is 1. The van der Waals surface area contributed by atoms with Crippen LogP contribution in [0.1, 0.15) is 56.6 Å². The second kappa shape index (κ2) is 14.4. The van der Waals surface area contributed by atoms with Crippen molar-refractivity contribution in [1.82, 2.24) is 40.8 Å². The Morgan fingerprint density at radius 2 is 1.83 bits per heavy atom. The molecular formula is C29H33ClN8O4. The summed E-state index contributed by atoms with van der Waals surface area (Å²) in [6.45, 7) is 3.97. The molecule has 13 heteroatoms. The Balaban J connectivity index is 1.50. The van der Waals surface area contributed by atoms with Gasteiger partial charge in [0.05, 0.1) is 12.2 Å². The third-order valence-electron chi connectivity index (χ3n) is 6.76. The Kier molecular flexibility index (Phi) is 10.4. The van der Waals surface area contributed by atoms with Crippen molar-refractivity contribution >= 4 is 29.4 Å². The predicted molar refractivity (Wildman–Crippen MR) is 156 cm³/mol. The molecule has 2 amide bonds. The number of carbonyl (C=O) groups is 3. The molecule has 0 saturated heterocycles. The summed E-state index contributed by atoms with van der Waals surface area (Å²) in [5.74, 6) is -0.667. The number of aliphatic carboxylic acids is 1. The number of aromatic nitrogens is 6. The first kappa shape index (κ1) is 30.4. The minimum atomic E-state index is -1.19. The molecule has 0 unspecified atom stereocenters. The maximum absolute atomic E-state index is 12.6. The van der Waals surface area contributed by atoms with Gasteiger partial charge >= 0.3 is 5.97 Å². The van der Waals surface area contributed by atoms with E-state index in [1.165, 1.54) is 6.92 Å². The molecule has 4 rings (SSSR count). The Hall–Kier alpha value is -4.58. The van der Waals surface area contributed by atoms with Gasteiger partial charge in [-0.3, -0.25) is 9.59 Å². The summed E-state index contributed by atoms with van der Waals surface area (Å²) >= 11 is 6.55. The molecule has 2 aromatic carbocycles. The fourth-order valence-corrected chi connectivity index (χ4v) is 4.88. The predicted octanol–water partition coefficient (Wildman–Crippen LogP) is 3.76. The lowest BCUT2D eigenvalue weighted by Gasteiger charge is -2.15. The standard InChI is InChI=1S/C29H33ClN8O4/c1-3-4-9-25-33-27(30)24(16-31-26(40)15-14-23(29(41)42)32-18(2)39)38(25)17-19-10-12-20(13-11-19)21-7-5-6-8-22(21)28-34-36-37-35-28/h5-8,10-13,23H,3-4,9,14-17H2,1-2H3,(H,31,40)(H,32,39)(H,41,42)(H,34,35,36,37)/t23-/m0/s1. The Bertz CT molecular complexity index is 1520. The highest BCUT2D eigenvalue weighted by Crippen LogP contribution is 2.30. The number of imidazole rings is 1. The number of carboxylic acids is 1. The molecule has 42 heavy (non-hydrogen) atoms. The molecule has 0 fully saturated rings. The van der Waals surface area contributed by atoms with E-state index < -0.39 is 17.9 Å². The Morgan fingerprint density at radius 1 is 1.10 bits per heavy atom. The van der Waals surface area contributed by atoms with E-state index in [1.807, 2.05) is 53.1 Å². The molecule has 0 aliphatic rings. The number of aromatic amines is 1. The van der Waals surface area contributed by atoms with Gasteiger partial charge in [-0.15, -0.1) is 10.2 Å². The molecule has 0 aliphatic heterocycles. The van der Waals surface area contributed by atoms with Crippen molar-refractivity contribution in [1.29, 1.82) is 0 Å². The summed E-state index contributed by atoms with van der Waals surface area (Å²) in [6, 6.07) is 14.9. The second-order valence-electron chi connectivity index (χ2n) is 9.84. The molecule has 220 valence electrons. The molecule has 1 atom stereocenters. The van der Waals surface area contributed by atoms with Crippen molar-refractivity contribution in [2.45, 2.75) is 65.1 Å². The largest absolute Gasteiger partial charge is 0.480 e. The smallest absolute Gasteiger partial charge is 0.326 e. The van der Waals surface area contributed by atoms with Gasteiger partial charge in [0, 0.05) is 31.9 Å². The van der Waals surface area contributed by atoms with Crippen LogP contribution in [0.2, 0.25) is 5.15 Å². The van der Waals surface area contributed by atoms with Crippen LogP contribution in [-0.4, -0.2) is 59.1 Å². The van der Waals surface area contributed by atoms with Crippen molar-refractivity contribution in [2.75, 3.05) is 0 Å². The number of rotatable bonds is 14. The highest BCUT2D eigenvalue weighted by molar-refractivity contribution is 6.30. The zero-order valence-electron chi connectivity index (χ0n) is 23.4. The monoisotopic (exact) mass is 592 g/mol. The third-order valence-corrected chi connectivity index (χ3v) is 7.07. The average molecular weight is 593 g/mol. The number of hydrogen-bond acceptors (Lipinski definition) is 7. The number of unbranched alkanes of at least 4 members (excludes halogenated alkanes) is 1. The first-order valence-electron chi connectivity index (χ1n) is 13.7. The fourth-order valence-electron chi connectivity index (χ4n) is 4.61. The number of aryl methyl sites for hydroxylation is 1. The van der Waals surface area contributed by atoms with E-state index in [1.54, 1.807) is 0 Å². The van der Waals surface area contributed by atoms with E-state index in [0.717, 1.165) is 47.3 Å². The molecule has 0 bridgehead atoms. The fraction of sp³-hybridized carbons (Fsp3) is 0.345. The van der Waals surface area contributed by atoms with Crippen molar-refractivity contribution in [3.05, 3.63) is 70.8 Å². The minimum absolute atomic E-state index is 0.0301. The number of nitrogens with one attached hydrogen (secondary N) is 3. The summed E-state index contributed by atoms with van der Waals surface area (Å²) in [7, 11) is 0. The van der Waals surface area contributed by atoms with E-state index in [0.29, 0.717) is 23.2 Å². The quantitative estimate of drug-likeness (QED) is 0.172. The number of tetrazole rings is 1. The van der Waals surface area contributed by atoms with Crippen LogP contribution in [0.3, 0.4) is 0 Å². The molecule has 2 aromatic heterocycles. The van der Waals surface area contributed by atoms with Gasteiger partial charge in [-0.2, -0.15) is 5.21 Å². The zero-order chi connectivity index (χ0) is 30.1. The van der Waals surface area contributed by atoms with E-state index in [9.17, 15) is 19.5 Å². The molecule has 12 nitrogen and oxygen atoms in total. The van der Waals surface area contributed by atoms with Crippen molar-refractivity contribution in [2.24, 2.45) is 0 Å². The van der Waals surface area contributed by atoms with E-state index in [-0.39, 0.29) is 25.3 Å². The van der Waals surface area contributed by atoms with E-state index >= 15 is 0 Å². The minimum Gasteiger partial charge on any atom is -0.480 e. The molecule has 4 aromatic rings. The van der Waals surface area contributed by atoms with Gasteiger partial charge in [0.25, 0.3) is 0 Å². The molecule has 0 radical (unpaired) electrons. The normalized spacial score (nSPS) is 11.7. The first-order valence-corrected chi connectivity index (χ1v) is 14.1. The lowest BCUT2D eigenvalue weighted by Crippen LogP contribution is -2.40. The number of halogens is 1. The summed E-state index contributed by atoms with van der Waals surface area (Å²) < 4.78 is 2.03. The number of hydrogen-bond donors (Lipinski definition) is 4. The lowest BCUT2D eigenvalue weighted by atomic mass is 9.98. The van der Waals surface area contributed by atoms with Crippen LogP contribution in [0.5, 0.6) is 0 Å². The lowest BCUT2D eigenvalue weighted by molar-refractivity contribution is -0.141. The number of H-pyrrole nitrogens is 1. The number of benzene rings is 2. The topological polar surface area (TPSA) is 168 Å². The highest BCUT2D eigenvalue weighted by atomic mass is 35.5. The molecule has 0 aliphatic carbocycles.